The number of likely N-dealkylation sites (tertiary alicyclic amines) is 1. The summed E-state index contributed by atoms with van der Waals surface area (Å²) in [6, 6.07) is 4.31. The number of carboxylic acid groups (broad SMARTS) is 1. The van der Waals surface area contributed by atoms with Crippen molar-refractivity contribution in [1.82, 2.24) is 4.90 Å². The lowest BCUT2D eigenvalue weighted by atomic mass is 10.1. The Morgan fingerprint density at radius 1 is 1.32 bits per heavy atom. The summed E-state index contributed by atoms with van der Waals surface area (Å²) in [5.74, 6) is -0.344. The first-order chi connectivity index (χ1) is 9.18. The summed E-state index contributed by atoms with van der Waals surface area (Å²) in [7, 11) is 0. The molecule has 1 aromatic carbocycles. The molecule has 1 aromatic rings. The van der Waals surface area contributed by atoms with Crippen LogP contribution in [0.5, 0.6) is 11.5 Å². The molecular formula is C13H13NO5. The molecule has 1 fully saturated rings. The van der Waals surface area contributed by atoms with Gasteiger partial charge in [0.2, 0.25) is 6.79 Å². The number of amides is 1. The number of para-hydroxylation sites is 1. The van der Waals surface area contributed by atoms with E-state index in [1.807, 2.05) is 0 Å². The van der Waals surface area contributed by atoms with Gasteiger partial charge in [0.25, 0.3) is 5.91 Å². The number of nitrogens with zero attached hydrogens (tertiary/aromatic N) is 1. The van der Waals surface area contributed by atoms with E-state index in [1.165, 1.54) is 4.90 Å². The topological polar surface area (TPSA) is 76.1 Å². The summed E-state index contributed by atoms with van der Waals surface area (Å²) in [4.78, 5) is 25.0. The van der Waals surface area contributed by atoms with E-state index in [4.69, 9.17) is 14.6 Å². The Kier molecular flexibility index (Phi) is 2.77. The Morgan fingerprint density at radius 2 is 2.16 bits per heavy atom. The Morgan fingerprint density at radius 3 is 2.95 bits per heavy atom. The van der Waals surface area contributed by atoms with Crippen LogP contribution >= 0.6 is 0 Å². The number of benzene rings is 1. The van der Waals surface area contributed by atoms with Gasteiger partial charge in [-0.1, -0.05) is 6.07 Å². The molecule has 2 heterocycles. The van der Waals surface area contributed by atoms with Gasteiger partial charge in [-0.2, -0.15) is 0 Å². The van der Waals surface area contributed by atoms with Gasteiger partial charge in [-0.15, -0.1) is 0 Å². The number of ether oxygens (including phenoxy) is 2. The average Bonchev–Trinajstić information content (AvgIpc) is 3.05. The van der Waals surface area contributed by atoms with Crippen LogP contribution in [0.2, 0.25) is 0 Å². The molecule has 1 unspecified atom stereocenters. The summed E-state index contributed by atoms with van der Waals surface area (Å²) < 4.78 is 10.5. The van der Waals surface area contributed by atoms with E-state index in [1.54, 1.807) is 18.2 Å². The van der Waals surface area contributed by atoms with Crippen LogP contribution in [0.15, 0.2) is 18.2 Å². The molecule has 1 atom stereocenters. The van der Waals surface area contributed by atoms with Crippen LogP contribution in [-0.2, 0) is 4.79 Å². The minimum Gasteiger partial charge on any atom is -0.480 e. The SMILES string of the molecule is O=C(O)C1CCCN1C(=O)c1cccc2c1OCO2. The van der Waals surface area contributed by atoms with Gasteiger partial charge >= 0.3 is 5.97 Å². The van der Waals surface area contributed by atoms with Crippen LogP contribution in [0.3, 0.4) is 0 Å². The third-order valence-corrected chi connectivity index (χ3v) is 3.43. The Balaban J connectivity index is 1.92. The first kappa shape index (κ1) is 11.8. The molecule has 0 aromatic heterocycles. The van der Waals surface area contributed by atoms with Crippen LogP contribution in [0, 0.1) is 0 Å². The van der Waals surface area contributed by atoms with E-state index in [9.17, 15) is 9.59 Å². The Bertz CT molecular complexity index is 542. The molecule has 100 valence electrons. The van der Waals surface area contributed by atoms with Crippen LogP contribution < -0.4 is 9.47 Å². The number of carboxylic acids is 1. The van der Waals surface area contributed by atoms with E-state index in [0.29, 0.717) is 36.4 Å². The molecule has 0 aliphatic carbocycles. The highest BCUT2D eigenvalue weighted by molar-refractivity contribution is 6.00. The van der Waals surface area contributed by atoms with Gasteiger partial charge in [-0.3, -0.25) is 4.79 Å². The fraction of sp³-hybridized carbons (Fsp3) is 0.385. The van der Waals surface area contributed by atoms with E-state index in [2.05, 4.69) is 0 Å². The highest BCUT2D eigenvalue weighted by atomic mass is 16.7. The molecule has 6 heteroatoms. The lowest BCUT2D eigenvalue weighted by Crippen LogP contribution is -2.40. The van der Waals surface area contributed by atoms with Crippen molar-refractivity contribution in [1.29, 1.82) is 0 Å². The molecule has 2 aliphatic heterocycles. The van der Waals surface area contributed by atoms with Crippen molar-refractivity contribution in [3.63, 3.8) is 0 Å². The van der Waals surface area contributed by atoms with Gasteiger partial charge in [0, 0.05) is 6.54 Å². The lowest BCUT2D eigenvalue weighted by Gasteiger charge is -2.21. The zero-order valence-corrected chi connectivity index (χ0v) is 10.2. The van der Waals surface area contributed by atoms with Crippen LogP contribution in [0.1, 0.15) is 23.2 Å². The molecule has 1 saturated heterocycles. The van der Waals surface area contributed by atoms with Crippen molar-refractivity contribution in [2.45, 2.75) is 18.9 Å². The van der Waals surface area contributed by atoms with E-state index in [0.717, 1.165) is 0 Å². The van der Waals surface area contributed by atoms with Crippen LogP contribution in [-0.4, -0.2) is 41.3 Å². The smallest absolute Gasteiger partial charge is 0.326 e. The van der Waals surface area contributed by atoms with Crippen molar-refractivity contribution in [3.05, 3.63) is 23.8 Å². The molecule has 6 nitrogen and oxygen atoms in total. The zero-order valence-electron chi connectivity index (χ0n) is 10.2. The van der Waals surface area contributed by atoms with Gasteiger partial charge in [-0.05, 0) is 25.0 Å². The zero-order chi connectivity index (χ0) is 13.4. The van der Waals surface area contributed by atoms with Crippen LogP contribution in [0.25, 0.3) is 0 Å². The second kappa shape index (κ2) is 4.46. The number of fused-ring (bicyclic) bond motifs is 1. The van der Waals surface area contributed by atoms with Crippen molar-refractivity contribution in [3.8, 4) is 11.5 Å². The second-order valence-corrected chi connectivity index (χ2v) is 4.53. The average molecular weight is 263 g/mol. The number of hydrogen-bond donors (Lipinski definition) is 1. The number of hydrogen-bond acceptors (Lipinski definition) is 4. The van der Waals surface area contributed by atoms with Gasteiger partial charge in [0.1, 0.15) is 6.04 Å². The summed E-state index contributed by atoms with van der Waals surface area (Å²) >= 11 is 0. The number of carbonyl (C=O) groups is 2. The van der Waals surface area contributed by atoms with Gasteiger partial charge in [0.15, 0.2) is 11.5 Å². The number of rotatable bonds is 2. The monoisotopic (exact) mass is 263 g/mol. The second-order valence-electron chi connectivity index (χ2n) is 4.53. The van der Waals surface area contributed by atoms with Gasteiger partial charge in [-0.25, -0.2) is 4.79 Å². The van der Waals surface area contributed by atoms with E-state index in [-0.39, 0.29) is 12.7 Å². The lowest BCUT2D eigenvalue weighted by molar-refractivity contribution is -0.141. The summed E-state index contributed by atoms with van der Waals surface area (Å²) in [6.45, 7) is 0.544. The fourth-order valence-corrected chi connectivity index (χ4v) is 2.52. The molecule has 1 amide bonds. The molecule has 0 spiro atoms. The minimum atomic E-state index is -0.962. The molecular weight excluding hydrogens is 250 g/mol. The molecule has 19 heavy (non-hydrogen) atoms. The maximum absolute atomic E-state index is 12.4. The number of aliphatic carboxylic acids is 1. The van der Waals surface area contributed by atoms with Crippen molar-refractivity contribution in [2.24, 2.45) is 0 Å². The van der Waals surface area contributed by atoms with E-state index < -0.39 is 12.0 Å². The minimum absolute atomic E-state index is 0.0853. The van der Waals surface area contributed by atoms with Gasteiger partial charge in [0.05, 0.1) is 5.56 Å². The highest BCUT2D eigenvalue weighted by Gasteiger charge is 2.36. The summed E-state index contributed by atoms with van der Waals surface area (Å²) in [5, 5.41) is 9.12. The first-order valence-corrected chi connectivity index (χ1v) is 6.11. The maximum atomic E-state index is 12.4. The van der Waals surface area contributed by atoms with Crippen molar-refractivity contribution < 1.29 is 24.2 Å². The number of carbonyl (C=O) groups excluding carboxylic acids is 1. The first-order valence-electron chi connectivity index (χ1n) is 6.11. The molecule has 2 aliphatic rings. The normalized spacial score (nSPS) is 20.6. The predicted octanol–water partition coefficient (Wildman–Crippen LogP) is 1.10. The van der Waals surface area contributed by atoms with Gasteiger partial charge < -0.3 is 19.5 Å². The summed E-state index contributed by atoms with van der Waals surface area (Å²) in [5.41, 5.74) is 0.364. The third kappa shape index (κ3) is 1.89. The Labute approximate surface area is 109 Å². The third-order valence-electron chi connectivity index (χ3n) is 3.43. The van der Waals surface area contributed by atoms with Crippen molar-refractivity contribution in [2.75, 3.05) is 13.3 Å². The summed E-state index contributed by atoms with van der Waals surface area (Å²) in [6.07, 6.45) is 1.20. The van der Waals surface area contributed by atoms with E-state index >= 15 is 0 Å². The largest absolute Gasteiger partial charge is 0.480 e. The molecule has 3 rings (SSSR count). The maximum Gasteiger partial charge on any atom is 0.326 e. The quantitative estimate of drug-likeness (QED) is 0.864. The fourth-order valence-electron chi connectivity index (χ4n) is 2.52. The standard InChI is InChI=1S/C13H13NO5/c15-12(14-6-2-4-9(14)13(16)17)8-3-1-5-10-11(8)19-7-18-10/h1,3,5,9H,2,4,6-7H2,(H,16,17). The Hall–Kier alpha value is -2.24. The van der Waals surface area contributed by atoms with Crippen LogP contribution in [0.4, 0.5) is 0 Å². The molecule has 0 bridgehead atoms. The molecule has 0 saturated carbocycles. The predicted molar refractivity (Wildman–Crippen MR) is 64.3 cm³/mol. The molecule has 1 N–H and O–H groups in total. The highest BCUT2D eigenvalue weighted by Crippen LogP contribution is 2.36. The molecule has 0 radical (unpaired) electrons. The van der Waals surface area contributed by atoms with Crippen molar-refractivity contribution >= 4 is 11.9 Å².